The highest BCUT2D eigenvalue weighted by molar-refractivity contribution is 5.23. The van der Waals surface area contributed by atoms with Gasteiger partial charge in [0.1, 0.15) is 0 Å². The number of hydrogen-bond acceptors (Lipinski definition) is 1. The molecule has 10 atom stereocenters. The molecule has 0 aliphatic heterocycles. The van der Waals surface area contributed by atoms with E-state index in [1.54, 1.807) is 32.1 Å². The van der Waals surface area contributed by atoms with Crippen LogP contribution in [0.2, 0.25) is 0 Å². The molecule has 0 aromatic heterocycles. The molecule has 2 bridgehead atoms. The summed E-state index contributed by atoms with van der Waals surface area (Å²) in [5, 5.41) is 0. The molecule has 1 heteroatoms. The maximum atomic E-state index is 6.93. The van der Waals surface area contributed by atoms with Crippen LogP contribution < -0.4 is 5.73 Å². The molecule has 0 aromatic carbocycles. The van der Waals surface area contributed by atoms with Crippen LogP contribution in [0.3, 0.4) is 0 Å². The summed E-state index contributed by atoms with van der Waals surface area (Å²) in [6, 6.07) is 0. The highest BCUT2D eigenvalue weighted by Gasteiger charge is 2.72. The van der Waals surface area contributed by atoms with Crippen LogP contribution in [-0.4, -0.2) is 5.54 Å². The fourth-order valence-corrected chi connectivity index (χ4v) is 9.13. The highest BCUT2D eigenvalue weighted by Crippen LogP contribution is 2.75. The summed E-state index contributed by atoms with van der Waals surface area (Å²) in [6.07, 6.45) is 13.6. The second kappa shape index (κ2) is 3.55. The summed E-state index contributed by atoms with van der Waals surface area (Å²) in [7, 11) is 0. The molecule has 6 aliphatic carbocycles. The highest BCUT2D eigenvalue weighted by atomic mass is 14.9. The van der Waals surface area contributed by atoms with Gasteiger partial charge in [-0.3, -0.25) is 0 Å². The smallest absolute Gasteiger partial charge is 0.0196 e. The van der Waals surface area contributed by atoms with E-state index in [0.29, 0.717) is 5.41 Å². The van der Waals surface area contributed by atoms with Crippen LogP contribution in [0.5, 0.6) is 0 Å². The average Bonchev–Trinajstić information content (AvgIpc) is 2.37. The first-order chi connectivity index (χ1) is 10.1. The van der Waals surface area contributed by atoms with E-state index in [0.717, 1.165) is 47.3 Å². The van der Waals surface area contributed by atoms with Crippen molar-refractivity contribution in [1.82, 2.24) is 0 Å². The van der Waals surface area contributed by atoms with Crippen LogP contribution in [0.25, 0.3) is 0 Å². The van der Waals surface area contributed by atoms with Gasteiger partial charge in [0, 0.05) is 5.54 Å². The van der Waals surface area contributed by atoms with E-state index in [4.69, 9.17) is 5.73 Å². The Morgan fingerprint density at radius 2 is 1.24 bits per heavy atom. The third-order valence-corrected chi connectivity index (χ3v) is 10.0. The zero-order valence-electron chi connectivity index (χ0n) is 13.6. The summed E-state index contributed by atoms with van der Waals surface area (Å²) >= 11 is 0. The van der Waals surface area contributed by atoms with Crippen molar-refractivity contribution in [1.29, 1.82) is 0 Å². The minimum absolute atomic E-state index is 0.261. The normalized spacial score (nSPS) is 70.0. The van der Waals surface area contributed by atoms with Crippen molar-refractivity contribution < 1.29 is 0 Å². The lowest BCUT2D eigenvalue weighted by Crippen LogP contribution is -2.75. The topological polar surface area (TPSA) is 26.0 Å². The predicted octanol–water partition coefficient (Wildman–Crippen LogP) is 4.21. The van der Waals surface area contributed by atoms with Gasteiger partial charge in [-0.25, -0.2) is 0 Å². The Hall–Kier alpha value is -0.0400. The van der Waals surface area contributed by atoms with Crippen molar-refractivity contribution >= 4 is 0 Å². The summed E-state index contributed by atoms with van der Waals surface area (Å²) < 4.78 is 0. The van der Waals surface area contributed by atoms with Crippen LogP contribution >= 0.6 is 0 Å². The minimum Gasteiger partial charge on any atom is -0.325 e. The van der Waals surface area contributed by atoms with E-state index in [2.05, 4.69) is 6.92 Å². The Bertz CT molecular complexity index is 500. The third-order valence-electron chi connectivity index (χ3n) is 10.0. The van der Waals surface area contributed by atoms with Crippen LogP contribution in [0, 0.1) is 52.8 Å². The molecule has 0 amide bonds. The molecule has 116 valence electrons. The zero-order chi connectivity index (χ0) is 14.0. The van der Waals surface area contributed by atoms with Crippen molar-refractivity contribution in [3.63, 3.8) is 0 Å². The molecule has 6 fully saturated rings. The molecule has 6 saturated carbocycles. The van der Waals surface area contributed by atoms with Gasteiger partial charge >= 0.3 is 0 Å². The number of hydrogen-bond donors (Lipinski definition) is 1. The van der Waals surface area contributed by atoms with Crippen molar-refractivity contribution in [2.45, 2.75) is 70.3 Å². The van der Waals surface area contributed by atoms with E-state index < -0.39 is 0 Å². The molecule has 0 spiro atoms. The summed E-state index contributed by atoms with van der Waals surface area (Å²) in [4.78, 5) is 0. The van der Waals surface area contributed by atoms with Crippen LogP contribution in [0.1, 0.15) is 64.7 Å². The minimum atomic E-state index is 0.261. The summed E-state index contributed by atoms with van der Waals surface area (Å²) in [5.41, 5.74) is 7.84. The molecule has 21 heavy (non-hydrogen) atoms. The van der Waals surface area contributed by atoms with Crippen LogP contribution in [-0.2, 0) is 0 Å². The van der Waals surface area contributed by atoms with Gasteiger partial charge in [-0.05, 0) is 111 Å². The van der Waals surface area contributed by atoms with E-state index in [1.807, 2.05) is 0 Å². The first kappa shape index (κ1) is 12.4. The van der Waals surface area contributed by atoms with Gasteiger partial charge in [-0.1, -0.05) is 6.92 Å². The van der Waals surface area contributed by atoms with Gasteiger partial charge < -0.3 is 5.73 Å². The molecular formula is C20H31N. The first-order valence-corrected chi connectivity index (χ1v) is 9.91. The van der Waals surface area contributed by atoms with Crippen molar-refractivity contribution in [2.75, 3.05) is 0 Å². The standard InChI is InChI=1S/C20H31N/c1-19-10-20(21)9-8-17(19)15-6-4-13(15)11-2-3-12(11)14-5-7-16(14)18(19)20/h11-18H,2-10,21H2,1H3. The molecular weight excluding hydrogens is 254 g/mol. The number of nitrogens with two attached hydrogens (primary N) is 1. The zero-order valence-corrected chi connectivity index (χ0v) is 13.6. The molecule has 0 aromatic rings. The maximum Gasteiger partial charge on any atom is 0.0196 e. The second-order valence-corrected chi connectivity index (χ2v) is 10.3. The lowest BCUT2D eigenvalue weighted by Gasteiger charge is -2.73. The molecule has 6 rings (SSSR count). The largest absolute Gasteiger partial charge is 0.325 e. The Labute approximate surface area is 129 Å². The Balaban J connectivity index is 1.47. The van der Waals surface area contributed by atoms with Gasteiger partial charge in [0.15, 0.2) is 0 Å². The lowest BCUT2D eigenvalue weighted by atomic mass is 9.33. The molecule has 6 aliphatic rings. The quantitative estimate of drug-likeness (QED) is 0.709. The van der Waals surface area contributed by atoms with Gasteiger partial charge in [0.05, 0.1) is 0 Å². The van der Waals surface area contributed by atoms with Gasteiger partial charge in [0.2, 0.25) is 0 Å². The van der Waals surface area contributed by atoms with E-state index in [9.17, 15) is 0 Å². The molecule has 0 saturated heterocycles. The summed E-state index contributed by atoms with van der Waals surface area (Å²) in [5.74, 6) is 8.59. The van der Waals surface area contributed by atoms with Gasteiger partial charge in [0.25, 0.3) is 0 Å². The molecule has 2 N–H and O–H groups in total. The predicted molar refractivity (Wildman–Crippen MR) is 84.5 cm³/mol. The third kappa shape index (κ3) is 1.21. The number of rotatable bonds is 0. The Kier molecular flexibility index (Phi) is 2.09. The van der Waals surface area contributed by atoms with Crippen LogP contribution in [0.4, 0.5) is 0 Å². The number of fused-ring (bicyclic) bond motifs is 9. The van der Waals surface area contributed by atoms with Crippen molar-refractivity contribution in [3.8, 4) is 0 Å². The molecule has 0 radical (unpaired) electrons. The summed E-state index contributed by atoms with van der Waals surface area (Å²) in [6.45, 7) is 2.67. The molecule has 1 nitrogen and oxygen atoms in total. The maximum absolute atomic E-state index is 6.93. The lowest BCUT2D eigenvalue weighted by molar-refractivity contribution is -0.212. The average molecular weight is 285 g/mol. The second-order valence-electron chi connectivity index (χ2n) is 10.3. The van der Waals surface area contributed by atoms with E-state index in [1.165, 1.54) is 25.7 Å². The SMILES string of the molecule is CC12CC3(N)CCC1C1CCC1C1CCC1C1CCC1C32. The van der Waals surface area contributed by atoms with E-state index in [-0.39, 0.29) is 5.54 Å². The van der Waals surface area contributed by atoms with Crippen molar-refractivity contribution in [2.24, 2.45) is 58.5 Å². The fraction of sp³-hybridized carbons (Fsp3) is 1.00. The molecule has 10 unspecified atom stereocenters. The van der Waals surface area contributed by atoms with Crippen LogP contribution in [0.15, 0.2) is 0 Å². The fourth-order valence-electron chi connectivity index (χ4n) is 9.13. The van der Waals surface area contributed by atoms with E-state index >= 15 is 0 Å². The first-order valence-electron chi connectivity index (χ1n) is 9.91. The molecule has 0 heterocycles. The van der Waals surface area contributed by atoms with Gasteiger partial charge in [-0.2, -0.15) is 0 Å². The monoisotopic (exact) mass is 285 g/mol. The Morgan fingerprint density at radius 3 is 1.81 bits per heavy atom. The van der Waals surface area contributed by atoms with Crippen molar-refractivity contribution in [3.05, 3.63) is 0 Å². The Morgan fingerprint density at radius 1 is 0.714 bits per heavy atom. The van der Waals surface area contributed by atoms with Gasteiger partial charge in [-0.15, -0.1) is 0 Å².